The molecule has 1 heterocycles. The van der Waals surface area contributed by atoms with Gasteiger partial charge in [0.05, 0.1) is 5.92 Å². The van der Waals surface area contributed by atoms with Crippen LogP contribution < -0.4 is 0 Å². The summed E-state index contributed by atoms with van der Waals surface area (Å²) < 4.78 is 0. The normalized spacial score (nSPS) is 30.9. The van der Waals surface area contributed by atoms with Crippen molar-refractivity contribution >= 4 is 11.9 Å². The Morgan fingerprint density at radius 2 is 1.79 bits per heavy atom. The molecule has 2 fully saturated rings. The standard InChI is InChI=1S/C15H25NO3/c1-15(2)6-3-8-16(9-7-15)13(17)11-4-5-12(10-11)14(18)19/h11-12H,3-10H2,1-2H3,(H,18,19). The molecule has 2 atom stereocenters. The van der Waals surface area contributed by atoms with Gasteiger partial charge in [-0.2, -0.15) is 0 Å². The molecule has 0 spiro atoms. The molecule has 1 saturated heterocycles. The molecule has 108 valence electrons. The maximum atomic E-state index is 12.5. The molecule has 1 amide bonds. The van der Waals surface area contributed by atoms with Crippen LogP contribution in [0.4, 0.5) is 0 Å². The molecule has 2 unspecified atom stereocenters. The van der Waals surface area contributed by atoms with E-state index in [0.29, 0.717) is 18.3 Å². The number of carbonyl (C=O) groups is 2. The van der Waals surface area contributed by atoms with Crippen LogP contribution in [0.2, 0.25) is 0 Å². The molecule has 2 aliphatic rings. The van der Waals surface area contributed by atoms with Crippen LogP contribution in [-0.2, 0) is 9.59 Å². The number of hydrogen-bond acceptors (Lipinski definition) is 2. The number of amides is 1. The minimum Gasteiger partial charge on any atom is -0.481 e. The van der Waals surface area contributed by atoms with Crippen molar-refractivity contribution in [3.63, 3.8) is 0 Å². The molecule has 19 heavy (non-hydrogen) atoms. The molecule has 0 aromatic carbocycles. The number of carbonyl (C=O) groups excluding carboxylic acids is 1. The summed E-state index contributed by atoms with van der Waals surface area (Å²) in [6.45, 7) is 6.20. The van der Waals surface area contributed by atoms with Crippen molar-refractivity contribution in [1.29, 1.82) is 0 Å². The fourth-order valence-corrected chi connectivity index (χ4v) is 3.33. The number of aliphatic carboxylic acids is 1. The van der Waals surface area contributed by atoms with Crippen LogP contribution in [0, 0.1) is 17.3 Å². The molecule has 0 bridgehead atoms. The highest BCUT2D eigenvalue weighted by atomic mass is 16.4. The van der Waals surface area contributed by atoms with Gasteiger partial charge in [-0.3, -0.25) is 9.59 Å². The Morgan fingerprint density at radius 3 is 2.42 bits per heavy atom. The van der Waals surface area contributed by atoms with Crippen molar-refractivity contribution in [3.05, 3.63) is 0 Å². The summed E-state index contributed by atoms with van der Waals surface area (Å²) in [6.07, 6.45) is 5.22. The molecular formula is C15H25NO3. The Balaban J connectivity index is 1.92. The van der Waals surface area contributed by atoms with Gasteiger partial charge in [0, 0.05) is 19.0 Å². The van der Waals surface area contributed by atoms with Crippen LogP contribution in [-0.4, -0.2) is 35.0 Å². The van der Waals surface area contributed by atoms with Gasteiger partial charge < -0.3 is 10.0 Å². The third kappa shape index (κ3) is 3.48. The van der Waals surface area contributed by atoms with Gasteiger partial charge in [0.15, 0.2) is 0 Å². The lowest BCUT2D eigenvalue weighted by Crippen LogP contribution is -2.36. The summed E-state index contributed by atoms with van der Waals surface area (Å²) in [5, 5.41) is 9.01. The highest BCUT2D eigenvalue weighted by Gasteiger charge is 2.36. The van der Waals surface area contributed by atoms with E-state index >= 15 is 0 Å². The minimum absolute atomic E-state index is 0.0534. The van der Waals surface area contributed by atoms with Crippen LogP contribution >= 0.6 is 0 Å². The zero-order chi connectivity index (χ0) is 14.0. The van der Waals surface area contributed by atoms with Crippen LogP contribution in [0.25, 0.3) is 0 Å². The summed E-state index contributed by atoms with van der Waals surface area (Å²) >= 11 is 0. The molecule has 4 heteroatoms. The minimum atomic E-state index is -0.743. The van der Waals surface area contributed by atoms with E-state index < -0.39 is 5.97 Å². The zero-order valence-corrected chi connectivity index (χ0v) is 12.0. The van der Waals surface area contributed by atoms with Gasteiger partial charge in [-0.25, -0.2) is 0 Å². The van der Waals surface area contributed by atoms with Crippen molar-refractivity contribution in [2.24, 2.45) is 17.3 Å². The lowest BCUT2D eigenvalue weighted by molar-refractivity contribution is -0.141. The zero-order valence-electron chi connectivity index (χ0n) is 12.0. The average molecular weight is 267 g/mol. The lowest BCUT2D eigenvalue weighted by Gasteiger charge is -2.25. The molecule has 1 N–H and O–H groups in total. The Morgan fingerprint density at radius 1 is 1.11 bits per heavy atom. The molecule has 0 radical (unpaired) electrons. The number of rotatable bonds is 2. The topological polar surface area (TPSA) is 57.6 Å². The fraction of sp³-hybridized carbons (Fsp3) is 0.867. The molecule has 4 nitrogen and oxygen atoms in total. The molecule has 2 rings (SSSR count). The second-order valence-corrected chi connectivity index (χ2v) is 6.89. The van der Waals surface area contributed by atoms with Gasteiger partial charge in [-0.15, -0.1) is 0 Å². The van der Waals surface area contributed by atoms with E-state index in [2.05, 4.69) is 13.8 Å². The largest absolute Gasteiger partial charge is 0.481 e. The van der Waals surface area contributed by atoms with E-state index in [1.165, 1.54) is 6.42 Å². The highest BCUT2D eigenvalue weighted by Crippen LogP contribution is 2.34. The van der Waals surface area contributed by atoms with E-state index in [1.54, 1.807) is 0 Å². The Bertz CT molecular complexity index is 364. The molecule has 1 aliphatic carbocycles. The molecule has 0 aromatic rings. The maximum Gasteiger partial charge on any atom is 0.306 e. The first kappa shape index (κ1) is 14.4. The third-order valence-corrected chi connectivity index (χ3v) is 4.78. The smallest absolute Gasteiger partial charge is 0.306 e. The van der Waals surface area contributed by atoms with Crippen LogP contribution in [0.1, 0.15) is 52.4 Å². The van der Waals surface area contributed by atoms with E-state index in [1.807, 2.05) is 4.90 Å². The van der Waals surface area contributed by atoms with E-state index in [4.69, 9.17) is 5.11 Å². The highest BCUT2D eigenvalue weighted by molar-refractivity contribution is 5.81. The first-order valence-electron chi connectivity index (χ1n) is 7.41. The van der Waals surface area contributed by atoms with Crippen LogP contribution in [0.15, 0.2) is 0 Å². The van der Waals surface area contributed by atoms with Crippen molar-refractivity contribution < 1.29 is 14.7 Å². The summed E-state index contributed by atoms with van der Waals surface area (Å²) in [6, 6.07) is 0. The summed E-state index contributed by atoms with van der Waals surface area (Å²) in [5.41, 5.74) is 0.328. The Kier molecular flexibility index (Phi) is 4.16. The molecule has 1 saturated carbocycles. The quantitative estimate of drug-likeness (QED) is 0.836. The SMILES string of the molecule is CC1(C)CCCN(C(=O)C2CCC(C(=O)O)C2)CC1. The number of carboxylic acid groups (broad SMARTS) is 1. The van der Waals surface area contributed by atoms with Gasteiger partial charge in [0.1, 0.15) is 0 Å². The maximum absolute atomic E-state index is 12.5. The number of carboxylic acids is 1. The first-order valence-corrected chi connectivity index (χ1v) is 7.41. The predicted octanol–water partition coefficient (Wildman–Crippen LogP) is 2.53. The third-order valence-electron chi connectivity index (χ3n) is 4.78. The first-order chi connectivity index (χ1) is 8.89. The number of hydrogen-bond donors (Lipinski definition) is 1. The van der Waals surface area contributed by atoms with Crippen molar-refractivity contribution in [2.75, 3.05) is 13.1 Å². The monoisotopic (exact) mass is 267 g/mol. The molecule has 0 aromatic heterocycles. The predicted molar refractivity (Wildman–Crippen MR) is 72.7 cm³/mol. The van der Waals surface area contributed by atoms with Crippen molar-refractivity contribution in [2.45, 2.75) is 52.4 Å². The van der Waals surface area contributed by atoms with Crippen LogP contribution in [0.5, 0.6) is 0 Å². The van der Waals surface area contributed by atoms with Gasteiger partial charge in [-0.1, -0.05) is 13.8 Å². The van der Waals surface area contributed by atoms with E-state index in [9.17, 15) is 9.59 Å². The second-order valence-electron chi connectivity index (χ2n) is 6.89. The Hall–Kier alpha value is -1.06. The number of likely N-dealkylation sites (tertiary alicyclic amines) is 1. The summed E-state index contributed by atoms with van der Waals surface area (Å²) in [4.78, 5) is 25.4. The van der Waals surface area contributed by atoms with Gasteiger partial charge in [-0.05, 0) is 43.9 Å². The van der Waals surface area contributed by atoms with Crippen molar-refractivity contribution in [1.82, 2.24) is 4.90 Å². The molecular weight excluding hydrogens is 242 g/mol. The number of nitrogens with zero attached hydrogens (tertiary/aromatic N) is 1. The summed E-state index contributed by atoms with van der Waals surface area (Å²) in [7, 11) is 0. The second kappa shape index (κ2) is 5.51. The average Bonchev–Trinajstić information content (AvgIpc) is 2.75. The summed E-state index contributed by atoms with van der Waals surface area (Å²) in [5.74, 6) is -0.909. The van der Waals surface area contributed by atoms with Gasteiger partial charge in [0.25, 0.3) is 0 Å². The molecule has 1 aliphatic heterocycles. The fourth-order valence-electron chi connectivity index (χ4n) is 3.33. The lowest BCUT2D eigenvalue weighted by atomic mass is 9.85. The van der Waals surface area contributed by atoms with Crippen LogP contribution in [0.3, 0.4) is 0 Å². The van der Waals surface area contributed by atoms with Gasteiger partial charge in [0.2, 0.25) is 5.91 Å². The Labute approximate surface area is 115 Å². The van der Waals surface area contributed by atoms with E-state index in [-0.39, 0.29) is 17.7 Å². The van der Waals surface area contributed by atoms with Crippen molar-refractivity contribution in [3.8, 4) is 0 Å². The van der Waals surface area contributed by atoms with Gasteiger partial charge >= 0.3 is 5.97 Å². The van der Waals surface area contributed by atoms with E-state index in [0.717, 1.165) is 32.4 Å².